The van der Waals surface area contributed by atoms with E-state index in [0.29, 0.717) is 6.08 Å². The van der Waals surface area contributed by atoms with Gasteiger partial charge in [0.15, 0.2) is 4.58 Å². The van der Waals surface area contributed by atoms with Crippen LogP contribution in [0.3, 0.4) is 0 Å². The average Bonchev–Trinajstić information content (AvgIpc) is 2.39. The second-order valence-electron chi connectivity index (χ2n) is 4.32. The highest BCUT2D eigenvalue weighted by atomic mass is 32.3. The molecule has 0 fully saturated rings. The third-order valence-electron chi connectivity index (χ3n) is 2.70. The molecule has 1 atom stereocenters. The number of ether oxygens (including phenoxy) is 1. The van der Waals surface area contributed by atoms with E-state index in [1.165, 1.54) is 0 Å². The van der Waals surface area contributed by atoms with Crippen molar-refractivity contribution < 1.29 is 52.7 Å². The van der Waals surface area contributed by atoms with Gasteiger partial charge in [-0.3, -0.25) is 0 Å². The maximum absolute atomic E-state index is 12.5. The van der Waals surface area contributed by atoms with Gasteiger partial charge in [0, 0.05) is 12.5 Å². The number of hydrogen-bond acceptors (Lipinski definition) is 6. The molecule has 14 heteroatoms. The smallest absolute Gasteiger partial charge is 0.459 e. The SMILES string of the molecule is C=CC(=O)OC(CC)CC(S(=O)(=O)C(F)(F)F)S(=O)(=O)C(F)(F)F. The topological polar surface area (TPSA) is 94.6 Å². The lowest BCUT2D eigenvalue weighted by atomic mass is 10.2. The lowest BCUT2D eigenvalue weighted by Gasteiger charge is -2.24. The molecule has 0 rings (SSSR count). The molecule has 142 valence electrons. The zero-order valence-corrected chi connectivity index (χ0v) is 13.5. The molecule has 0 aliphatic carbocycles. The predicted octanol–water partition coefficient (Wildman–Crippen LogP) is 2.08. The Morgan fingerprint density at radius 1 is 1.04 bits per heavy atom. The molecule has 0 amide bonds. The summed E-state index contributed by atoms with van der Waals surface area (Å²) >= 11 is 0. The van der Waals surface area contributed by atoms with Crippen LogP contribution < -0.4 is 0 Å². The summed E-state index contributed by atoms with van der Waals surface area (Å²) in [6.07, 6.45) is -3.47. The number of sulfone groups is 2. The van der Waals surface area contributed by atoms with E-state index >= 15 is 0 Å². The predicted molar refractivity (Wildman–Crippen MR) is 68.7 cm³/mol. The Balaban J connectivity index is 6.11. The number of carbonyl (C=O) groups is 1. The molecule has 0 spiro atoms. The highest BCUT2D eigenvalue weighted by molar-refractivity contribution is 8.09. The molecule has 0 aromatic heterocycles. The van der Waals surface area contributed by atoms with Gasteiger partial charge in [0.1, 0.15) is 6.10 Å². The van der Waals surface area contributed by atoms with E-state index < -0.39 is 60.2 Å². The molecule has 0 aliphatic heterocycles. The highest BCUT2D eigenvalue weighted by Gasteiger charge is 2.63. The Morgan fingerprint density at radius 2 is 1.42 bits per heavy atom. The zero-order chi connectivity index (χ0) is 19.6. The Kier molecular flexibility index (Phi) is 6.89. The molecule has 24 heavy (non-hydrogen) atoms. The minimum atomic E-state index is -6.75. The first-order valence-electron chi connectivity index (χ1n) is 5.95. The largest absolute Gasteiger partial charge is 0.498 e. The molecule has 0 radical (unpaired) electrons. The number of alkyl halides is 6. The average molecular weight is 406 g/mol. The first kappa shape index (κ1) is 22.7. The Hall–Kier alpha value is -1.31. The fourth-order valence-electron chi connectivity index (χ4n) is 1.44. The first-order valence-corrected chi connectivity index (χ1v) is 9.05. The number of halogens is 6. The molecule has 0 heterocycles. The fraction of sp³-hybridized carbons (Fsp3) is 0.700. The van der Waals surface area contributed by atoms with E-state index in [0.717, 1.165) is 6.92 Å². The highest BCUT2D eigenvalue weighted by Crippen LogP contribution is 2.38. The van der Waals surface area contributed by atoms with Crippen molar-refractivity contribution in [2.24, 2.45) is 0 Å². The van der Waals surface area contributed by atoms with Crippen molar-refractivity contribution in [2.45, 2.75) is 41.5 Å². The van der Waals surface area contributed by atoms with Crippen molar-refractivity contribution in [2.75, 3.05) is 0 Å². The summed E-state index contributed by atoms with van der Waals surface area (Å²) in [4.78, 5) is 11.0. The summed E-state index contributed by atoms with van der Waals surface area (Å²) in [7, 11) is -13.5. The molecule has 0 saturated carbocycles. The summed E-state index contributed by atoms with van der Waals surface area (Å²) < 4.78 is 121. The van der Waals surface area contributed by atoms with Crippen LogP contribution in [0.15, 0.2) is 12.7 Å². The molecule has 6 nitrogen and oxygen atoms in total. The first-order chi connectivity index (χ1) is 10.5. The second kappa shape index (κ2) is 7.29. The van der Waals surface area contributed by atoms with Gasteiger partial charge < -0.3 is 4.74 Å². The van der Waals surface area contributed by atoms with Gasteiger partial charge in [-0.25, -0.2) is 21.6 Å². The molecule has 0 bridgehead atoms. The molecule has 0 saturated heterocycles. The quantitative estimate of drug-likeness (QED) is 0.365. The number of esters is 1. The van der Waals surface area contributed by atoms with Crippen molar-refractivity contribution in [3.8, 4) is 0 Å². The van der Waals surface area contributed by atoms with Gasteiger partial charge in [0.05, 0.1) is 0 Å². The van der Waals surface area contributed by atoms with Crippen LogP contribution in [0.5, 0.6) is 0 Å². The van der Waals surface area contributed by atoms with Gasteiger partial charge in [-0.1, -0.05) is 13.5 Å². The monoisotopic (exact) mass is 406 g/mol. The van der Waals surface area contributed by atoms with Crippen LogP contribution in [0.25, 0.3) is 0 Å². The molecule has 0 aliphatic rings. The van der Waals surface area contributed by atoms with E-state index in [1.54, 1.807) is 0 Å². The maximum atomic E-state index is 12.5. The minimum Gasteiger partial charge on any atom is -0.459 e. The van der Waals surface area contributed by atoms with E-state index in [-0.39, 0.29) is 0 Å². The summed E-state index contributed by atoms with van der Waals surface area (Å²) in [5, 5.41) is 0. The molecule has 0 aromatic rings. The van der Waals surface area contributed by atoms with Crippen molar-refractivity contribution in [1.29, 1.82) is 0 Å². The molecular formula is C10H12F6O6S2. The van der Waals surface area contributed by atoms with Gasteiger partial charge in [-0.05, 0) is 6.42 Å². The van der Waals surface area contributed by atoms with Crippen LogP contribution in [0.2, 0.25) is 0 Å². The zero-order valence-electron chi connectivity index (χ0n) is 11.9. The van der Waals surface area contributed by atoms with Gasteiger partial charge >= 0.3 is 17.0 Å². The van der Waals surface area contributed by atoms with Crippen LogP contribution in [0, 0.1) is 0 Å². The Labute approximate surface area is 133 Å². The number of rotatable bonds is 7. The number of carbonyl (C=O) groups excluding carboxylic acids is 1. The fourth-order valence-corrected chi connectivity index (χ4v) is 4.96. The molecule has 0 N–H and O–H groups in total. The maximum Gasteiger partial charge on any atom is 0.498 e. The van der Waals surface area contributed by atoms with Crippen molar-refractivity contribution in [1.82, 2.24) is 0 Å². The van der Waals surface area contributed by atoms with Crippen molar-refractivity contribution in [3.63, 3.8) is 0 Å². The molecular weight excluding hydrogens is 394 g/mol. The molecule has 1 unspecified atom stereocenters. The van der Waals surface area contributed by atoms with Crippen LogP contribution in [0.1, 0.15) is 19.8 Å². The van der Waals surface area contributed by atoms with E-state index in [1.807, 2.05) is 0 Å². The normalized spacial score (nSPS) is 15.2. The summed E-state index contributed by atoms with van der Waals surface area (Å²) in [5.41, 5.74) is -12.5. The minimum absolute atomic E-state index is 0.434. The van der Waals surface area contributed by atoms with E-state index in [2.05, 4.69) is 11.3 Å². The Morgan fingerprint density at radius 3 is 1.67 bits per heavy atom. The summed E-state index contributed by atoms with van der Waals surface area (Å²) in [6, 6.07) is 0. The molecule has 0 aromatic carbocycles. The van der Waals surface area contributed by atoms with Gasteiger partial charge in [0.25, 0.3) is 19.7 Å². The van der Waals surface area contributed by atoms with Crippen molar-refractivity contribution in [3.05, 3.63) is 12.7 Å². The van der Waals surface area contributed by atoms with E-state index in [9.17, 15) is 48.0 Å². The van der Waals surface area contributed by atoms with Crippen molar-refractivity contribution >= 4 is 25.6 Å². The van der Waals surface area contributed by atoms with E-state index in [4.69, 9.17) is 0 Å². The van der Waals surface area contributed by atoms with Crippen LogP contribution in [0.4, 0.5) is 26.3 Å². The lowest BCUT2D eigenvalue weighted by molar-refractivity contribution is -0.143. The van der Waals surface area contributed by atoms with Crippen LogP contribution in [-0.2, 0) is 29.2 Å². The van der Waals surface area contributed by atoms with Crippen LogP contribution in [-0.4, -0.2) is 44.5 Å². The van der Waals surface area contributed by atoms with Gasteiger partial charge in [-0.2, -0.15) is 26.3 Å². The van der Waals surface area contributed by atoms with Crippen LogP contribution >= 0.6 is 0 Å². The van der Waals surface area contributed by atoms with Gasteiger partial charge in [-0.15, -0.1) is 0 Å². The standard InChI is InChI=1S/C10H12F6O6S2/c1-3-6(22-7(17)4-2)5-8(23(18,19)9(11,12)13)24(20,21)10(14,15)16/h4,6,8H,2-3,5H2,1H3. The summed E-state index contributed by atoms with van der Waals surface area (Å²) in [5.74, 6) is -1.27. The van der Waals surface area contributed by atoms with Gasteiger partial charge in [0.2, 0.25) is 0 Å². The Bertz CT molecular complexity index is 632. The second-order valence-corrected chi connectivity index (χ2v) is 8.86. The third kappa shape index (κ3) is 4.84. The number of hydrogen-bond donors (Lipinski definition) is 0. The lowest BCUT2D eigenvalue weighted by Crippen LogP contribution is -2.46. The third-order valence-corrected chi connectivity index (χ3v) is 7.28. The summed E-state index contributed by atoms with van der Waals surface area (Å²) in [6.45, 7) is 4.07.